The van der Waals surface area contributed by atoms with Crippen LogP contribution in [0.3, 0.4) is 0 Å². The molecule has 1 heterocycles. The number of carbonyl (C=O) groups excluding carboxylic acids is 2. The molecule has 7 nitrogen and oxygen atoms in total. The molecule has 1 aromatic heterocycles. The van der Waals surface area contributed by atoms with Crippen LogP contribution in [0.25, 0.3) is 10.9 Å². The van der Waals surface area contributed by atoms with Gasteiger partial charge in [-0.25, -0.2) is 4.79 Å². The third kappa shape index (κ3) is 4.74. The molecule has 0 bridgehead atoms. The number of pyridine rings is 1. The highest BCUT2D eigenvalue weighted by Gasteiger charge is 2.16. The van der Waals surface area contributed by atoms with Crippen molar-refractivity contribution in [2.45, 2.75) is 0 Å². The van der Waals surface area contributed by atoms with Crippen LogP contribution in [0, 0.1) is 0 Å². The van der Waals surface area contributed by atoms with Gasteiger partial charge in [-0.2, -0.15) is 0 Å². The van der Waals surface area contributed by atoms with Gasteiger partial charge in [-0.1, -0.05) is 59.6 Å². The van der Waals surface area contributed by atoms with Crippen LogP contribution in [0.2, 0.25) is 10.0 Å². The van der Waals surface area contributed by atoms with Crippen LogP contribution in [0.4, 0.5) is 21.9 Å². The lowest BCUT2D eigenvalue weighted by atomic mass is 10.1. The number of para-hydroxylation sites is 2. The van der Waals surface area contributed by atoms with E-state index in [1.54, 1.807) is 54.7 Å². The number of amides is 3. The monoisotopic (exact) mass is 465 g/mol. The second-order valence-corrected chi connectivity index (χ2v) is 7.50. The number of nitrogens with zero attached hydrogens (tertiary/aromatic N) is 1. The Morgan fingerprint density at radius 3 is 2.22 bits per heavy atom. The first-order chi connectivity index (χ1) is 15.5. The van der Waals surface area contributed by atoms with Crippen LogP contribution < -0.4 is 21.5 Å². The number of rotatable bonds is 5. The van der Waals surface area contributed by atoms with Crippen molar-refractivity contribution >= 4 is 63.1 Å². The average Bonchev–Trinajstić information content (AvgIpc) is 2.78. The Labute approximate surface area is 193 Å². The average molecular weight is 466 g/mol. The molecule has 0 radical (unpaired) electrons. The van der Waals surface area contributed by atoms with Crippen LogP contribution in [0.5, 0.6) is 0 Å². The van der Waals surface area contributed by atoms with Gasteiger partial charge in [0.1, 0.15) is 0 Å². The first-order valence-electron chi connectivity index (χ1n) is 9.54. The van der Waals surface area contributed by atoms with Gasteiger partial charge in [-0.3, -0.25) is 20.6 Å². The smallest absolute Gasteiger partial charge is 0.320 e. The molecular weight excluding hydrogens is 449 g/mol. The molecule has 0 saturated carbocycles. The summed E-state index contributed by atoms with van der Waals surface area (Å²) in [6.45, 7) is 0. The van der Waals surface area contributed by atoms with Gasteiger partial charge in [-0.15, -0.1) is 0 Å². The van der Waals surface area contributed by atoms with Crippen molar-refractivity contribution in [3.8, 4) is 0 Å². The molecule has 0 aliphatic carbocycles. The Morgan fingerprint density at radius 2 is 1.47 bits per heavy atom. The molecule has 0 saturated heterocycles. The summed E-state index contributed by atoms with van der Waals surface area (Å²) >= 11 is 12.3. The molecule has 4 rings (SSSR count). The molecule has 4 aromatic rings. The lowest BCUT2D eigenvalue weighted by molar-refractivity contribution is 0.102. The maximum atomic E-state index is 12.8. The standard InChI is InChI=1S/C23H17Cl2N5O2/c24-16-9-5-10-17(25)20(16)22(31)28-19-11-4-8-15-18(12-13-26-21(15)19)29-30-23(32)27-14-6-2-1-3-7-14/h1-13H,(H,26,29)(H,28,31)(H2,27,30,32). The molecular formula is C23H17Cl2N5O2. The van der Waals surface area contributed by atoms with Gasteiger partial charge < -0.3 is 10.6 Å². The number of anilines is 3. The highest BCUT2D eigenvalue weighted by atomic mass is 35.5. The van der Waals surface area contributed by atoms with Crippen LogP contribution in [-0.4, -0.2) is 16.9 Å². The van der Waals surface area contributed by atoms with E-state index in [9.17, 15) is 9.59 Å². The molecule has 9 heteroatoms. The van der Waals surface area contributed by atoms with Crippen LogP contribution in [-0.2, 0) is 0 Å². The molecule has 3 aromatic carbocycles. The van der Waals surface area contributed by atoms with Gasteiger partial charge >= 0.3 is 6.03 Å². The number of hydrogen-bond donors (Lipinski definition) is 4. The van der Waals surface area contributed by atoms with Gasteiger partial charge in [-0.05, 0) is 36.4 Å². The summed E-state index contributed by atoms with van der Waals surface area (Å²) in [4.78, 5) is 29.3. The predicted octanol–water partition coefficient (Wildman–Crippen LogP) is 5.94. The number of benzene rings is 3. The Balaban J connectivity index is 1.54. The second-order valence-electron chi connectivity index (χ2n) is 6.68. The van der Waals surface area contributed by atoms with Crippen LogP contribution >= 0.6 is 23.2 Å². The highest BCUT2D eigenvalue weighted by molar-refractivity contribution is 6.40. The van der Waals surface area contributed by atoms with E-state index in [1.807, 2.05) is 24.3 Å². The third-order valence-electron chi connectivity index (χ3n) is 4.55. The van der Waals surface area contributed by atoms with Crippen molar-refractivity contribution in [1.29, 1.82) is 0 Å². The summed E-state index contributed by atoms with van der Waals surface area (Å²) in [5, 5.41) is 6.71. The quantitative estimate of drug-likeness (QED) is 0.274. The van der Waals surface area contributed by atoms with E-state index in [-0.39, 0.29) is 15.6 Å². The first-order valence-corrected chi connectivity index (χ1v) is 10.3. The number of carbonyl (C=O) groups is 2. The fourth-order valence-electron chi connectivity index (χ4n) is 3.09. The predicted molar refractivity (Wildman–Crippen MR) is 128 cm³/mol. The maximum absolute atomic E-state index is 12.8. The Morgan fingerprint density at radius 1 is 0.750 bits per heavy atom. The molecule has 0 aliphatic rings. The topological polar surface area (TPSA) is 95.2 Å². The molecule has 32 heavy (non-hydrogen) atoms. The Kier molecular flexibility index (Phi) is 6.39. The summed E-state index contributed by atoms with van der Waals surface area (Å²) in [5.41, 5.74) is 7.92. The molecule has 0 unspecified atom stereocenters. The molecule has 4 N–H and O–H groups in total. The van der Waals surface area contributed by atoms with E-state index in [2.05, 4.69) is 26.5 Å². The van der Waals surface area contributed by atoms with E-state index in [0.29, 0.717) is 28.0 Å². The fourth-order valence-corrected chi connectivity index (χ4v) is 3.66. The van der Waals surface area contributed by atoms with Crippen molar-refractivity contribution < 1.29 is 9.59 Å². The summed E-state index contributed by atoms with van der Waals surface area (Å²) in [5.74, 6) is -0.450. The Bertz CT molecular complexity index is 1280. The van der Waals surface area contributed by atoms with Crippen molar-refractivity contribution in [2.24, 2.45) is 0 Å². The zero-order valence-corrected chi connectivity index (χ0v) is 18.0. The second kappa shape index (κ2) is 9.55. The molecule has 0 aliphatic heterocycles. The van der Waals surface area contributed by atoms with E-state index >= 15 is 0 Å². The highest BCUT2D eigenvalue weighted by Crippen LogP contribution is 2.29. The largest absolute Gasteiger partial charge is 0.337 e. The van der Waals surface area contributed by atoms with Crippen molar-refractivity contribution in [3.63, 3.8) is 0 Å². The minimum Gasteiger partial charge on any atom is -0.320 e. The van der Waals surface area contributed by atoms with Gasteiger partial charge in [0.25, 0.3) is 5.91 Å². The number of fused-ring (bicyclic) bond motifs is 1. The molecule has 0 fully saturated rings. The summed E-state index contributed by atoms with van der Waals surface area (Å²) < 4.78 is 0. The summed E-state index contributed by atoms with van der Waals surface area (Å²) in [6.07, 6.45) is 1.57. The lowest BCUT2D eigenvalue weighted by Crippen LogP contribution is -2.33. The number of urea groups is 1. The number of nitrogens with one attached hydrogen (secondary N) is 4. The van der Waals surface area contributed by atoms with Crippen molar-refractivity contribution in [3.05, 3.63) is 94.6 Å². The molecule has 0 atom stereocenters. The first kappa shape index (κ1) is 21.4. The van der Waals surface area contributed by atoms with Crippen molar-refractivity contribution in [1.82, 2.24) is 10.4 Å². The zero-order chi connectivity index (χ0) is 22.5. The van der Waals surface area contributed by atoms with Crippen molar-refractivity contribution in [2.75, 3.05) is 16.1 Å². The van der Waals surface area contributed by atoms with E-state index in [4.69, 9.17) is 23.2 Å². The summed E-state index contributed by atoms with van der Waals surface area (Å²) in [6, 6.07) is 20.5. The van der Waals surface area contributed by atoms with Crippen LogP contribution in [0.1, 0.15) is 10.4 Å². The molecule has 3 amide bonds. The Hall–Kier alpha value is -3.81. The SMILES string of the molecule is O=C(NNc1ccnc2c(NC(=O)c3c(Cl)cccc3Cl)cccc12)Nc1ccccc1. The number of aromatic nitrogens is 1. The fraction of sp³-hybridized carbons (Fsp3) is 0. The van der Waals surface area contributed by atoms with Gasteiger partial charge in [0.15, 0.2) is 0 Å². The summed E-state index contributed by atoms with van der Waals surface area (Å²) in [7, 11) is 0. The maximum Gasteiger partial charge on any atom is 0.337 e. The van der Waals surface area contributed by atoms with E-state index in [0.717, 1.165) is 0 Å². The van der Waals surface area contributed by atoms with E-state index in [1.165, 1.54) is 0 Å². The number of hydrazine groups is 1. The van der Waals surface area contributed by atoms with Crippen LogP contribution in [0.15, 0.2) is 79.0 Å². The lowest BCUT2D eigenvalue weighted by Gasteiger charge is -2.14. The van der Waals surface area contributed by atoms with E-state index < -0.39 is 11.9 Å². The number of hydrogen-bond acceptors (Lipinski definition) is 4. The van der Waals surface area contributed by atoms with Gasteiger partial charge in [0, 0.05) is 17.3 Å². The normalized spacial score (nSPS) is 10.4. The number of halogens is 2. The third-order valence-corrected chi connectivity index (χ3v) is 5.18. The molecule has 160 valence electrons. The molecule has 0 spiro atoms. The van der Waals surface area contributed by atoms with Gasteiger partial charge in [0.05, 0.1) is 32.5 Å². The minimum atomic E-state index is -0.450. The zero-order valence-electron chi connectivity index (χ0n) is 16.5. The minimum absolute atomic E-state index is 0.182. The van der Waals surface area contributed by atoms with Gasteiger partial charge in [0.2, 0.25) is 0 Å².